The minimum absolute atomic E-state index is 0.0227. The van der Waals surface area contributed by atoms with Crippen molar-refractivity contribution < 1.29 is 22.7 Å². The van der Waals surface area contributed by atoms with Gasteiger partial charge in [-0.15, -0.1) is 0 Å². The van der Waals surface area contributed by atoms with Crippen LogP contribution >= 0.6 is 0 Å². The van der Waals surface area contributed by atoms with Crippen LogP contribution in [0.15, 0.2) is 63.4 Å². The van der Waals surface area contributed by atoms with E-state index in [2.05, 4.69) is 41.6 Å². The van der Waals surface area contributed by atoms with Crippen LogP contribution in [0.25, 0.3) is 21.9 Å². The number of furan rings is 1. The zero-order valence-corrected chi connectivity index (χ0v) is 23.8. The van der Waals surface area contributed by atoms with Crippen molar-refractivity contribution in [3.8, 4) is 5.75 Å². The predicted octanol–water partition coefficient (Wildman–Crippen LogP) is 8.36. The van der Waals surface area contributed by atoms with Crippen LogP contribution in [0.5, 0.6) is 5.75 Å². The normalized spacial score (nSPS) is 11.9. The molecule has 0 atom stereocenters. The summed E-state index contributed by atoms with van der Waals surface area (Å²) >= 11 is 0. The molecule has 0 saturated carbocycles. The molecule has 0 aliphatic carbocycles. The molecule has 0 bridgehead atoms. The van der Waals surface area contributed by atoms with Gasteiger partial charge in [0.1, 0.15) is 5.58 Å². The zero-order chi connectivity index (χ0) is 28.7. The van der Waals surface area contributed by atoms with E-state index < -0.39 is 6.61 Å². The van der Waals surface area contributed by atoms with Gasteiger partial charge in [0.15, 0.2) is 11.3 Å². The number of pyridine rings is 1. The largest absolute Gasteiger partial charge is 0.452 e. The molecule has 1 aromatic carbocycles. The number of fused-ring (bicyclic) bond motifs is 3. The van der Waals surface area contributed by atoms with E-state index in [1.165, 1.54) is 17.2 Å². The lowest BCUT2D eigenvalue weighted by Crippen LogP contribution is -2.26. The smallest absolute Gasteiger partial charge is 0.387 e. The molecule has 0 saturated heterocycles. The molecule has 1 amide bonds. The number of halogens is 2. The molecule has 2 aromatic heterocycles. The third-order valence-electron chi connectivity index (χ3n) is 5.89. The van der Waals surface area contributed by atoms with Gasteiger partial charge in [-0.25, -0.2) is 0 Å². The first-order valence-corrected chi connectivity index (χ1v) is 13.0. The first-order chi connectivity index (χ1) is 18.3. The summed E-state index contributed by atoms with van der Waals surface area (Å²) in [6.45, 7) is 11.8. The topological polar surface area (TPSA) is 67.9 Å². The SMILES string of the molecule is CC.CC=N/C=C(CC)/C(C)=C/C.CCN(C)C(=O)CCc1ccc(OC(F)F)c2oc3ccncc3c12. The van der Waals surface area contributed by atoms with Crippen LogP contribution in [-0.2, 0) is 11.2 Å². The average molecular weight is 530 g/mol. The minimum atomic E-state index is -2.94. The number of amides is 1. The first-order valence-electron chi connectivity index (χ1n) is 13.0. The second kappa shape index (κ2) is 17.1. The molecule has 0 spiro atoms. The Morgan fingerprint density at radius 2 is 1.92 bits per heavy atom. The number of nitrogens with zero attached hydrogens (tertiary/aromatic N) is 3. The molecule has 0 radical (unpaired) electrons. The van der Waals surface area contributed by atoms with Gasteiger partial charge in [-0.3, -0.25) is 14.8 Å². The van der Waals surface area contributed by atoms with Crippen molar-refractivity contribution in [1.82, 2.24) is 9.88 Å². The van der Waals surface area contributed by atoms with Crippen molar-refractivity contribution in [3.63, 3.8) is 0 Å². The van der Waals surface area contributed by atoms with Gasteiger partial charge in [-0.05, 0) is 63.8 Å². The maximum atomic E-state index is 12.7. The molecule has 38 heavy (non-hydrogen) atoms. The van der Waals surface area contributed by atoms with Gasteiger partial charge < -0.3 is 14.1 Å². The maximum Gasteiger partial charge on any atom is 0.387 e. The number of alkyl halides is 2. The van der Waals surface area contributed by atoms with Crippen molar-refractivity contribution >= 4 is 34.1 Å². The molecule has 6 nitrogen and oxygen atoms in total. The molecule has 0 aliphatic heterocycles. The van der Waals surface area contributed by atoms with Gasteiger partial charge in [0, 0.05) is 55.6 Å². The molecule has 8 heteroatoms. The summed E-state index contributed by atoms with van der Waals surface area (Å²) in [6.07, 6.45) is 10.9. The Bertz CT molecular complexity index is 1250. The van der Waals surface area contributed by atoms with Crippen LogP contribution in [0.2, 0.25) is 0 Å². The van der Waals surface area contributed by atoms with E-state index in [0.717, 1.165) is 12.0 Å². The van der Waals surface area contributed by atoms with Crippen molar-refractivity contribution in [2.24, 2.45) is 4.99 Å². The van der Waals surface area contributed by atoms with E-state index in [-0.39, 0.29) is 17.2 Å². The Morgan fingerprint density at radius 1 is 1.21 bits per heavy atom. The number of aryl methyl sites for hydroxylation is 1. The molecule has 3 aromatic rings. The highest BCUT2D eigenvalue weighted by Crippen LogP contribution is 2.37. The Kier molecular flexibility index (Phi) is 14.6. The van der Waals surface area contributed by atoms with Crippen LogP contribution in [0, 0.1) is 0 Å². The number of ether oxygens (including phenoxy) is 1. The Hall–Kier alpha value is -3.55. The van der Waals surface area contributed by atoms with E-state index in [0.29, 0.717) is 35.7 Å². The van der Waals surface area contributed by atoms with Crippen molar-refractivity contribution in [2.45, 2.75) is 74.3 Å². The summed E-state index contributed by atoms with van der Waals surface area (Å²) < 4.78 is 35.6. The Labute approximate surface area is 225 Å². The fraction of sp³-hybridized carbons (Fsp3) is 0.433. The van der Waals surface area contributed by atoms with E-state index in [1.54, 1.807) is 42.7 Å². The lowest BCUT2D eigenvalue weighted by molar-refractivity contribution is -0.129. The Balaban J connectivity index is 0.000000470. The summed E-state index contributed by atoms with van der Waals surface area (Å²) in [6, 6.07) is 4.82. The second-order valence-electron chi connectivity index (χ2n) is 8.07. The van der Waals surface area contributed by atoms with E-state index in [4.69, 9.17) is 4.42 Å². The second-order valence-corrected chi connectivity index (χ2v) is 8.07. The van der Waals surface area contributed by atoms with Crippen LogP contribution in [0.3, 0.4) is 0 Å². The van der Waals surface area contributed by atoms with Crippen LogP contribution < -0.4 is 4.74 Å². The molecule has 0 unspecified atom stereocenters. The van der Waals surface area contributed by atoms with Gasteiger partial charge >= 0.3 is 6.61 Å². The number of aromatic nitrogens is 1. The highest BCUT2D eigenvalue weighted by Gasteiger charge is 2.19. The number of hydrogen-bond acceptors (Lipinski definition) is 5. The average Bonchev–Trinajstić information content (AvgIpc) is 3.34. The maximum absolute atomic E-state index is 12.7. The Morgan fingerprint density at radius 3 is 2.50 bits per heavy atom. The molecule has 0 aliphatic rings. The third-order valence-corrected chi connectivity index (χ3v) is 5.89. The summed E-state index contributed by atoms with van der Waals surface area (Å²) in [4.78, 5) is 21.9. The monoisotopic (exact) mass is 529 g/mol. The minimum Gasteiger partial charge on any atom is -0.452 e. The lowest BCUT2D eigenvalue weighted by Gasteiger charge is -2.14. The number of hydrogen-bond donors (Lipinski definition) is 0. The zero-order valence-electron chi connectivity index (χ0n) is 23.8. The fourth-order valence-electron chi connectivity index (χ4n) is 3.60. The van der Waals surface area contributed by atoms with Crippen molar-refractivity contribution in [3.05, 3.63) is 59.6 Å². The number of benzene rings is 1. The number of carbonyl (C=O) groups excluding carboxylic acids is 1. The van der Waals surface area contributed by atoms with Crippen LogP contribution in [-0.4, -0.2) is 42.2 Å². The lowest BCUT2D eigenvalue weighted by atomic mass is 10.0. The van der Waals surface area contributed by atoms with Gasteiger partial charge in [-0.2, -0.15) is 8.78 Å². The highest BCUT2D eigenvalue weighted by molar-refractivity contribution is 6.08. The number of aliphatic imine (C=N–C) groups is 1. The molecule has 208 valence electrons. The third kappa shape index (κ3) is 9.08. The first kappa shape index (κ1) is 32.5. The predicted molar refractivity (Wildman–Crippen MR) is 153 cm³/mol. The standard InChI is InChI=1S/C18H18F2N2O3.C10H17N.C2H6/c1-3-22(2)15(23)7-5-11-4-6-14(25-18(19)20)17-16(11)12-10-21-9-8-13(12)24-17;1-5-9(4)10(6-2)8-11-7-3;1-2/h4,6,8-10,18H,3,5,7H2,1-2H3;5,7-8H,6H2,1-4H3;1-2H3/b;9-5+,10-8+,11-7?;. The summed E-state index contributed by atoms with van der Waals surface area (Å²) in [5.41, 5.74) is 4.25. The van der Waals surface area contributed by atoms with E-state index >= 15 is 0 Å². The number of carbonyl (C=O) groups is 1. The van der Waals surface area contributed by atoms with Gasteiger partial charge in [-0.1, -0.05) is 38.5 Å². The van der Waals surface area contributed by atoms with Crippen LogP contribution in [0.4, 0.5) is 8.78 Å². The molecule has 2 heterocycles. The number of rotatable bonds is 9. The summed E-state index contributed by atoms with van der Waals surface area (Å²) in [5, 5.41) is 1.37. The number of allylic oxidation sites excluding steroid dienone is 3. The summed E-state index contributed by atoms with van der Waals surface area (Å²) in [5.74, 6) is -0.00330. The van der Waals surface area contributed by atoms with Crippen molar-refractivity contribution in [1.29, 1.82) is 0 Å². The van der Waals surface area contributed by atoms with E-state index in [1.807, 2.05) is 33.9 Å². The molecule has 0 fully saturated rings. The van der Waals surface area contributed by atoms with Crippen LogP contribution in [0.1, 0.15) is 66.9 Å². The van der Waals surface area contributed by atoms with Gasteiger partial charge in [0.25, 0.3) is 0 Å². The highest BCUT2D eigenvalue weighted by atomic mass is 19.3. The molecular formula is C30H41F2N3O3. The van der Waals surface area contributed by atoms with Crippen molar-refractivity contribution in [2.75, 3.05) is 13.6 Å². The molecular weight excluding hydrogens is 488 g/mol. The fourth-order valence-corrected chi connectivity index (χ4v) is 3.60. The summed E-state index contributed by atoms with van der Waals surface area (Å²) in [7, 11) is 1.74. The van der Waals surface area contributed by atoms with Gasteiger partial charge in [0.2, 0.25) is 5.91 Å². The van der Waals surface area contributed by atoms with E-state index in [9.17, 15) is 13.6 Å². The molecule has 3 rings (SSSR count). The quantitative estimate of drug-likeness (QED) is 0.206. The van der Waals surface area contributed by atoms with Gasteiger partial charge in [0.05, 0.1) is 0 Å². The molecule has 0 N–H and O–H groups in total.